The molecule has 1 aromatic heterocycles. The van der Waals surface area contributed by atoms with Crippen molar-refractivity contribution < 1.29 is 9.47 Å². The van der Waals surface area contributed by atoms with Crippen LogP contribution in [0.25, 0.3) is 11.0 Å². The molecule has 0 spiro atoms. The van der Waals surface area contributed by atoms with Crippen molar-refractivity contribution in [2.75, 3.05) is 14.2 Å². The normalized spacial score (nSPS) is 10.8. The van der Waals surface area contributed by atoms with Gasteiger partial charge >= 0.3 is 5.69 Å². The van der Waals surface area contributed by atoms with Crippen LogP contribution >= 0.6 is 0 Å². The predicted molar refractivity (Wildman–Crippen MR) is 81.2 cm³/mol. The fourth-order valence-electron chi connectivity index (χ4n) is 2.43. The van der Waals surface area contributed by atoms with Crippen LogP contribution in [0.1, 0.15) is 5.56 Å². The Kier molecular flexibility index (Phi) is 3.39. The third-order valence-corrected chi connectivity index (χ3v) is 3.47. The average molecular weight is 284 g/mol. The summed E-state index contributed by atoms with van der Waals surface area (Å²) in [6.45, 7) is 0.475. The van der Waals surface area contributed by atoms with Gasteiger partial charge in [0.2, 0.25) is 0 Å². The molecule has 108 valence electrons. The molecule has 0 bridgehead atoms. The second-order valence-corrected chi connectivity index (χ2v) is 4.72. The van der Waals surface area contributed by atoms with Crippen LogP contribution in [0.15, 0.2) is 47.3 Å². The van der Waals surface area contributed by atoms with Gasteiger partial charge in [0.15, 0.2) is 0 Å². The predicted octanol–water partition coefficient (Wildman–Crippen LogP) is 2.40. The zero-order chi connectivity index (χ0) is 14.8. The number of aromatic nitrogens is 2. The molecule has 21 heavy (non-hydrogen) atoms. The summed E-state index contributed by atoms with van der Waals surface area (Å²) in [6, 6.07) is 13.3. The van der Waals surface area contributed by atoms with E-state index in [1.54, 1.807) is 18.8 Å². The lowest BCUT2D eigenvalue weighted by Crippen LogP contribution is -2.17. The summed E-state index contributed by atoms with van der Waals surface area (Å²) in [5, 5.41) is 0. The Morgan fingerprint density at radius 3 is 2.67 bits per heavy atom. The van der Waals surface area contributed by atoms with Gasteiger partial charge in [0, 0.05) is 0 Å². The number of H-pyrrole nitrogens is 1. The van der Waals surface area contributed by atoms with Crippen molar-refractivity contribution in [2.24, 2.45) is 0 Å². The van der Waals surface area contributed by atoms with Crippen LogP contribution < -0.4 is 15.2 Å². The van der Waals surface area contributed by atoms with Crippen LogP contribution in [0.5, 0.6) is 11.5 Å². The summed E-state index contributed by atoms with van der Waals surface area (Å²) in [4.78, 5) is 15.0. The molecule has 0 unspecified atom stereocenters. The first kappa shape index (κ1) is 13.3. The Hall–Kier alpha value is -2.69. The van der Waals surface area contributed by atoms with E-state index in [-0.39, 0.29) is 5.69 Å². The fraction of sp³-hybridized carbons (Fsp3) is 0.188. The summed E-state index contributed by atoms with van der Waals surface area (Å²) in [6.07, 6.45) is 0. The van der Waals surface area contributed by atoms with Crippen molar-refractivity contribution in [3.8, 4) is 11.5 Å². The van der Waals surface area contributed by atoms with Gasteiger partial charge in [0.25, 0.3) is 0 Å². The van der Waals surface area contributed by atoms with Crippen molar-refractivity contribution in [1.29, 1.82) is 0 Å². The van der Waals surface area contributed by atoms with Crippen LogP contribution in [-0.2, 0) is 6.54 Å². The van der Waals surface area contributed by atoms with E-state index in [2.05, 4.69) is 4.98 Å². The molecule has 0 saturated carbocycles. The third-order valence-electron chi connectivity index (χ3n) is 3.47. The Morgan fingerprint density at radius 1 is 1.10 bits per heavy atom. The molecule has 0 atom stereocenters. The molecule has 5 nitrogen and oxygen atoms in total. The first-order valence-electron chi connectivity index (χ1n) is 6.61. The number of ether oxygens (including phenoxy) is 2. The minimum absolute atomic E-state index is 0.155. The highest BCUT2D eigenvalue weighted by molar-refractivity contribution is 5.81. The number of benzene rings is 2. The number of para-hydroxylation sites is 1. The Bertz CT molecular complexity index is 833. The SMILES string of the molecule is COc1cccc(Cn2c(=O)[nH]c3c(OC)cccc32)c1. The summed E-state index contributed by atoms with van der Waals surface area (Å²) < 4.78 is 12.2. The number of fused-ring (bicyclic) bond motifs is 1. The van der Waals surface area contributed by atoms with Gasteiger partial charge in [-0.25, -0.2) is 4.79 Å². The van der Waals surface area contributed by atoms with Gasteiger partial charge in [-0.3, -0.25) is 4.57 Å². The van der Waals surface area contributed by atoms with Gasteiger partial charge in [0.05, 0.1) is 26.3 Å². The Morgan fingerprint density at radius 2 is 1.90 bits per heavy atom. The third kappa shape index (κ3) is 2.38. The molecule has 1 N–H and O–H groups in total. The molecular formula is C16H16N2O3. The first-order valence-corrected chi connectivity index (χ1v) is 6.61. The topological polar surface area (TPSA) is 56.2 Å². The molecule has 2 aromatic carbocycles. The summed E-state index contributed by atoms with van der Waals surface area (Å²) >= 11 is 0. The van der Waals surface area contributed by atoms with Crippen LogP contribution in [0.2, 0.25) is 0 Å². The fourth-order valence-corrected chi connectivity index (χ4v) is 2.43. The number of aromatic amines is 1. The zero-order valence-corrected chi connectivity index (χ0v) is 11.9. The van der Waals surface area contributed by atoms with E-state index < -0.39 is 0 Å². The lowest BCUT2D eigenvalue weighted by molar-refractivity contribution is 0.414. The van der Waals surface area contributed by atoms with Gasteiger partial charge < -0.3 is 14.5 Å². The van der Waals surface area contributed by atoms with E-state index >= 15 is 0 Å². The number of nitrogens with one attached hydrogen (secondary N) is 1. The maximum atomic E-state index is 12.2. The van der Waals surface area contributed by atoms with Gasteiger partial charge in [0.1, 0.15) is 17.0 Å². The lowest BCUT2D eigenvalue weighted by atomic mass is 10.2. The lowest BCUT2D eigenvalue weighted by Gasteiger charge is -2.06. The summed E-state index contributed by atoms with van der Waals surface area (Å²) in [5.41, 5.74) is 2.38. The number of hydrogen-bond donors (Lipinski definition) is 1. The van der Waals surface area contributed by atoms with Crippen LogP contribution in [-0.4, -0.2) is 23.8 Å². The number of imidazole rings is 1. The number of nitrogens with zero attached hydrogens (tertiary/aromatic N) is 1. The van der Waals surface area contributed by atoms with E-state index in [4.69, 9.17) is 9.47 Å². The van der Waals surface area contributed by atoms with Crippen LogP contribution in [0.4, 0.5) is 0 Å². The van der Waals surface area contributed by atoms with Crippen molar-refractivity contribution in [1.82, 2.24) is 9.55 Å². The molecule has 0 aliphatic carbocycles. The molecule has 1 heterocycles. The second kappa shape index (κ2) is 5.36. The molecule has 0 fully saturated rings. The molecule has 3 rings (SSSR count). The first-order chi connectivity index (χ1) is 10.2. The van der Waals surface area contributed by atoms with Crippen molar-refractivity contribution in [3.63, 3.8) is 0 Å². The minimum atomic E-state index is -0.155. The molecule has 0 saturated heterocycles. The van der Waals surface area contributed by atoms with E-state index in [1.165, 1.54) is 0 Å². The second-order valence-electron chi connectivity index (χ2n) is 4.72. The number of methoxy groups -OCH3 is 2. The molecule has 0 aliphatic heterocycles. The van der Waals surface area contributed by atoms with Crippen LogP contribution in [0, 0.1) is 0 Å². The molecule has 0 radical (unpaired) electrons. The quantitative estimate of drug-likeness (QED) is 0.800. The van der Waals surface area contributed by atoms with Crippen molar-refractivity contribution in [3.05, 3.63) is 58.5 Å². The van der Waals surface area contributed by atoms with Gasteiger partial charge in [-0.05, 0) is 29.8 Å². The number of rotatable bonds is 4. The van der Waals surface area contributed by atoms with E-state index in [0.717, 1.165) is 16.8 Å². The number of hydrogen-bond acceptors (Lipinski definition) is 3. The molecule has 3 aromatic rings. The molecule has 5 heteroatoms. The van der Waals surface area contributed by atoms with E-state index in [0.29, 0.717) is 17.8 Å². The molecule has 0 amide bonds. The monoisotopic (exact) mass is 284 g/mol. The van der Waals surface area contributed by atoms with Crippen molar-refractivity contribution in [2.45, 2.75) is 6.54 Å². The maximum Gasteiger partial charge on any atom is 0.326 e. The Labute approximate surface area is 121 Å². The largest absolute Gasteiger partial charge is 0.497 e. The maximum absolute atomic E-state index is 12.2. The van der Waals surface area contributed by atoms with Crippen molar-refractivity contribution >= 4 is 11.0 Å². The molecule has 0 aliphatic rings. The minimum Gasteiger partial charge on any atom is -0.497 e. The molecular weight excluding hydrogens is 268 g/mol. The highest BCUT2D eigenvalue weighted by Crippen LogP contribution is 2.23. The standard InChI is InChI=1S/C16H16N2O3/c1-20-12-6-3-5-11(9-12)10-18-13-7-4-8-14(21-2)15(13)17-16(18)19/h3-9H,10H2,1-2H3,(H,17,19). The van der Waals surface area contributed by atoms with Gasteiger partial charge in [-0.15, -0.1) is 0 Å². The average Bonchev–Trinajstić information content (AvgIpc) is 2.83. The highest BCUT2D eigenvalue weighted by Gasteiger charge is 2.11. The summed E-state index contributed by atoms with van der Waals surface area (Å²) in [5.74, 6) is 1.44. The summed E-state index contributed by atoms with van der Waals surface area (Å²) in [7, 11) is 3.22. The van der Waals surface area contributed by atoms with Gasteiger partial charge in [-0.2, -0.15) is 0 Å². The smallest absolute Gasteiger partial charge is 0.326 e. The zero-order valence-electron chi connectivity index (χ0n) is 11.9. The van der Waals surface area contributed by atoms with Gasteiger partial charge in [-0.1, -0.05) is 18.2 Å². The highest BCUT2D eigenvalue weighted by atomic mass is 16.5. The Balaban J connectivity index is 2.08. The van der Waals surface area contributed by atoms with Crippen LogP contribution in [0.3, 0.4) is 0 Å². The van der Waals surface area contributed by atoms with E-state index in [9.17, 15) is 4.79 Å². The van der Waals surface area contributed by atoms with E-state index in [1.807, 2.05) is 42.5 Å².